The van der Waals surface area contributed by atoms with E-state index in [9.17, 15) is 0 Å². The molecular formula is C17H21ClN4O2. The number of ether oxygens (including phenoxy) is 2. The van der Waals surface area contributed by atoms with E-state index < -0.39 is 0 Å². The topological polar surface area (TPSA) is 81.8 Å². The molecule has 1 heterocycles. The van der Waals surface area contributed by atoms with Gasteiger partial charge >= 0.3 is 0 Å². The number of hydrogen-bond acceptors (Lipinski definition) is 4. The minimum Gasteiger partial charge on any atom is -0.494 e. The molecular weight excluding hydrogens is 328 g/mol. The van der Waals surface area contributed by atoms with Gasteiger partial charge in [-0.25, -0.2) is 9.98 Å². The van der Waals surface area contributed by atoms with Gasteiger partial charge in [-0.3, -0.25) is 0 Å². The number of aliphatic imine (C=N–C) groups is 1. The fraction of sp³-hybridized carbons (Fsp3) is 0.294. The van der Waals surface area contributed by atoms with E-state index in [1.165, 1.54) is 0 Å². The highest BCUT2D eigenvalue weighted by Crippen LogP contribution is 2.29. The molecule has 3 N–H and O–H groups in total. The van der Waals surface area contributed by atoms with Crippen molar-refractivity contribution in [1.29, 1.82) is 0 Å². The van der Waals surface area contributed by atoms with Crippen LogP contribution in [0.3, 0.4) is 0 Å². The summed E-state index contributed by atoms with van der Waals surface area (Å²) in [7, 11) is 0. The van der Waals surface area contributed by atoms with Gasteiger partial charge in [0.25, 0.3) is 0 Å². The molecule has 2 aromatic rings. The van der Waals surface area contributed by atoms with Crippen LogP contribution in [0.25, 0.3) is 0 Å². The normalized spacial score (nSPS) is 11.2. The van der Waals surface area contributed by atoms with E-state index in [0.717, 1.165) is 11.3 Å². The molecule has 0 aliphatic rings. The van der Waals surface area contributed by atoms with Crippen LogP contribution in [0.1, 0.15) is 19.4 Å². The van der Waals surface area contributed by atoms with Gasteiger partial charge in [0, 0.05) is 12.3 Å². The summed E-state index contributed by atoms with van der Waals surface area (Å²) in [5.41, 5.74) is 7.59. The van der Waals surface area contributed by atoms with Crippen LogP contribution in [0.2, 0.25) is 5.15 Å². The van der Waals surface area contributed by atoms with Crippen molar-refractivity contribution in [3.05, 3.63) is 47.2 Å². The van der Waals surface area contributed by atoms with Gasteiger partial charge in [-0.2, -0.15) is 0 Å². The second-order valence-corrected chi connectivity index (χ2v) is 5.23. The number of benzene rings is 1. The molecule has 0 spiro atoms. The molecule has 1 aromatic carbocycles. The Morgan fingerprint density at radius 2 is 2.00 bits per heavy atom. The Kier molecular flexibility index (Phi) is 6.69. The summed E-state index contributed by atoms with van der Waals surface area (Å²) in [6, 6.07) is 9.10. The third-order valence-corrected chi connectivity index (χ3v) is 3.27. The number of nitrogens with one attached hydrogen (secondary N) is 1. The van der Waals surface area contributed by atoms with Gasteiger partial charge in [0.2, 0.25) is 0 Å². The molecule has 0 radical (unpaired) electrons. The van der Waals surface area contributed by atoms with Crippen LogP contribution in [0.15, 0.2) is 41.5 Å². The molecule has 0 aliphatic heterocycles. The maximum Gasteiger partial charge on any atom is 0.193 e. The lowest BCUT2D eigenvalue weighted by atomic mass is 10.2. The first-order valence-corrected chi connectivity index (χ1v) is 8.07. The number of rotatable bonds is 7. The van der Waals surface area contributed by atoms with E-state index >= 15 is 0 Å². The second kappa shape index (κ2) is 8.98. The summed E-state index contributed by atoms with van der Waals surface area (Å²) in [5, 5.41) is 3.50. The molecule has 0 saturated heterocycles. The minimum absolute atomic E-state index is 0.277. The van der Waals surface area contributed by atoms with Crippen LogP contribution in [0.4, 0.5) is 5.69 Å². The molecule has 7 heteroatoms. The first-order chi connectivity index (χ1) is 11.6. The Bertz CT molecular complexity index is 689. The molecule has 0 fully saturated rings. The summed E-state index contributed by atoms with van der Waals surface area (Å²) in [5.74, 6) is 1.70. The average Bonchev–Trinajstić information content (AvgIpc) is 2.57. The maximum absolute atomic E-state index is 5.97. The van der Waals surface area contributed by atoms with Crippen molar-refractivity contribution in [2.24, 2.45) is 10.7 Å². The van der Waals surface area contributed by atoms with Crippen molar-refractivity contribution in [2.75, 3.05) is 18.5 Å². The van der Waals surface area contributed by atoms with E-state index in [2.05, 4.69) is 15.3 Å². The molecule has 0 atom stereocenters. The van der Waals surface area contributed by atoms with Gasteiger partial charge in [0.15, 0.2) is 5.96 Å². The molecule has 0 unspecified atom stereocenters. The Labute approximate surface area is 146 Å². The SMILES string of the molecule is CCOc1ccc(OCC)c(NC(N)=NCc2ccc(Cl)nc2)c1. The fourth-order valence-electron chi connectivity index (χ4n) is 2.00. The lowest BCUT2D eigenvalue weighted by Crippen LogP contribution is -2.23. The van der Waals surface area contributed by atoms with Gasteiger partial charge in [-0.05, 0) is 37.6 Å². The van der Waals surface area contributed by atoms with Crippen molar-refractivity contribution in [2.45, 2.75) is 20.4 Å². The van der Waals surface area contributed by atoms with E-state index in [0.29, 0.717) is 36.3 Å². The van der Waals surface area contributed by atoms with Crippen LogP contribution >= 0.6 is 11.6 Å². The van der Waals surface area contributed by atoms with E-state index in [1.807, 2.05) is 38.1 Å². The van der Waals surface area contributed by atoms with Gasteiger partial charge in [-0.15, -0.1) is 0 Å². The fourth-order valence-corrected chi connectivity index (χ4v) is 2.11. The summed E-state index contributed by atoms with van der Waals surface area (Å²) in [6.45, 7) is 5.39. The predicted octanol–water partition coefficient (Wildman–Crippen LogP) is 3.46. The van der Waals surface area contributed by atoms with Crippen LogP contribution in [-0.4, -0.2) is 24.2 Å². The lowest BCUT2D eigenvalue weighted by molar-refractivity contribution is 0.332. The Balaban J connectivity index is 2.10. The number of hydrogen-bond donors (Lipinski definition) is 2. The molecule has 128 valence electrons. The summed E-state index contributed by atoms with van der Waals surface area (Å²) < 4.78 is 11.1. The Morgan fingerprint density at radius 3 is 2.67 bits per heavy atom. The highest BCUT2D eigenvalue weighted by atomic mass is 35.5. The molecule has 0 aliphatic carbocycles. The third-order valence-electron chi connectivity index (χ3n) is 3.05. The lowest BCUT2D eigenvalue weighted by Gasteiger charge is -2.14. The van der Waals surface area contributed by atoms with Crippen molar-refractivity contribution in [3.8, 4) is 11.5 Å². The first kappa shape index (κ1) is 17.9. The largest absolute Gasteiger partial charge is 0.494 e. The van der Waals surface area contributed by atoms with E-state index in [-0.39, 0.29) is 5.96 Å². The average molecular weight is 349 g/mol. The number of pyridine rings is 1. The van der Waals surface area contributed by atoms with Crippen LogP contribution in [0, 0.1) is 0 Å². The maximum atomic E-state index is 5.97. The van der Waals surface area contributed by atoms with E-state index in [4.69, 9.17) is 26.8 Å². The number of nitrogens with zero attached hydrogens (tertiary/aromatic N) is 2. The van der Waals surface area contributed by atoms with Crippen LogP contribution in [-0.2, 0) is 6.54 Å². The third kappa shape index (κ3) is 5.31. The minimum atomic E-state index is 0.277. The van der Waals surface area contributed by atoms with Crippen LogP contribution in [0.5, 0.6) is 11.5 Å². The Morgan fingerprint density at radius 1 is 1.21 bits per heavy atom. The van der Waals surface area contributed by atoms with Crippen molar-refractivity contribution in [1.82, 2.24) is 4.98 Å². The molecule has 1 aromatic heterocycles. The number of anilines is 1. The molecule has 6 nitrogen and oxygen atoms in total. The summed E-state index contributed by atoms with van der Waals surface area (Å²) in [4.78, 5) is 8.31. The molecule has 24 heavy (non-hydrogen) atoms. The number of guanidine groups is 1. The monoisotopic (exact) mass is 348 g/mol. The van der Waals surface area contributed by atoms with Gasteiger partial charge in [-0.1, -0.05) is 17.7 Å². The van der Waals surface area contributed by atoms with Gasteiger partial charge < -0.3 is 20.5 Å². The summed E-state index contributed by atoms with van der Waals surface area (Å²) >= 11 is 5.76. The zero-order valence-electron chi connectivity index (χ0n) is 13.8. The first-order valence-electron chi connectivity index (χ1n) is 7.69. The number of aromatic nitrogens is 1. The van der Waals surface area contributed by atoms with Gasteiger partial charge in [0.1, 0.15) is 16.7 Å². The molecule has 0 amide bonds. The van der Waals surface area contributed by atoms with E-state index in [1.54, 1.807) is 12.3 Å². The highest BCUT2D eigenvalue weighted by Gasteiger charge is 2.07. The van der Waals surface area contributed by atoms with Gasteiger partial charge in [0.05, 0.1) is 25.4 Å². The number of nitrogens with two attached hydrogens (primary N) is 1. The van der Waals surface area contributed by atoms with Crippen molar-refractivity contribution < 1.29 is 9.47 Å². The zero-order valence-corrected chi connectivity index (χ0v) is 14.5. The Hall–Kier alpha value is -2.47. The van der Waals surface area contributed by atoms with Crippen LogP contribution < -0.4 is 20.5 Å². The zero-order chi connectivity index (χ0) is 17.4. The molecule has 2 rings (SSSR count). The smallest absolute Gasteiger partial charge is 0.193 e. The standard InChI is InChI=1S/C17H21ClN4O2/c1-3-23-13-6-7-15(24-4-2)14(9-13)22-17(19)21-11-12-5-8-16(18)20-10-12/h5-10H,3-4,11H2,1-2H3,(H3,19,21,22). The number of halogens is 1. The second-order valence-electron chi connectivity index (χ2n) is 4.84. The molecule has 0 bridgehead atoms. The van der Waals surface area contributed by atoms with Crippen molar-refractivity contribution in [3.63, 3.8) is 0 Å². The highest BCUT2D eigenvalue weighted by molar-refractivity contribution is 6.29. The molecule has 0 saturated carbocycles. The predicted molar refractivity (Wildman–Crippen MR) is 97.0 cm³/mol. The summed E-state index contributed by atoms with van der Waals surface area (Å²) in [6.07, 6.45) is 1.67. The van der Waals surface area contributed by atoms with Crippen molar-refractivity contribution >= 4 is 23.2 Å². The quantitative estimate of drug-likeness (QED) is 0.455.